The topological polar surface area (TPSA) is 77.9 Å². The van der Waals surface area contributed by atoms with E-state index in [-0.39, 0.29) is 16.8 Å². The van der Waals surface area contributed by atoms with Gasteiger partial charge in [0.05, 0.1) is 17.0 Å². The fourth-order valence-corrected chi connectivity index (χ4v) is 5.94. The second-order valence-corrected chi connectivity index (χ2v) is 9.14. The first-order chi connectivity index (χ1) is 12.4. The summed E-state index contributed by atoms with van der Waals surface area (Å²) in [6, 6.07) is 4.67. The molecule has 3 rings (SSSR count). The van der Waals surface area contributed by atoms with E-state index < -0.39 is 16.1 Å². The Hall–Kier alpha value is -1.44. The Labute approximate surface area is 155 Å². The predicted molar refractivity (Wildman–Crippen MR) is 101 cm³/mol. The van der Waals surface area contributed by atoms with Gasteiger partial charge >= 0.3 is 0 Å². The van der Waals surface area contributed by atoms with Crippen molar-refractivity contribution in [3.63, 3.8) is 0 Å². The van der Waals surface area contributed by atoms with Crippen LogP contribution in [0.3, 0.4) is 0 Å². The molecule has 0 saturated heterocycles. The fraction of sp³-hybridized carbons (Fsp3) is 0.632. The predicted octanol–water partition coefficient (Wildman–Crippen LogP) is 2.30. The van der Waals surface area contributed by atoms with Crippen LogP contribution < -0.4 is 4.90 Å². The molecule has 1 fully saturated rings. The zero-order chi connectivity index (χ0) is 18.9. The summed E-state index contributed by atoms with van der Waals surface area (Å²) in [5.41, 5.74) is 1.69. The lowest BCUT2D eigenvalue weighted by molar-refractivity contribution is -0.116. The number of benzene rings is 1. The van der Waals surface area contributed by atoms with Crippen LogP contribution in [0.2, 0.25) is 0 Å². The summed E-state index contributed by atoms with van der Waals surface area (Å²) in [7, 11) is -3.69. The molecule has 1 saturated carbocycles. The molecule has 1 aromatic carbocycles. The molecule has 1 heterocycles. The third-order valence-electron chi connectivity index (χ3n) is 5.44. The molecule has 1 aliphatic heterocycles. The monoisotopic (exact) mass is 380 g/mol. The molecular formula is C19H28N2O4S. The molecule has 2 aliphatic rings. The number of fused-ring (bicyclic) bond motifs is 1. The minimum Gasteiger partial charge on any atom is -0.391 e. The molecule has 1 amide bonds. The van der Waals surface area contributed by atoms with E-state index in [1.807, 2.05) is 6.92 Å². The highest BCUT2D eigenvalue weighted by Gasteiger charge is 2.37. The number of anilines is 1. The maximum absolute atomic E-state index is 13.3. The van der Waals surface area contributed by atoms with E-state index in [2.05, 4.69) is 0 Å². The van der Waals surface area contributed by atoms with Gasteiger partial charge in [0.25, 0.3) is 0 Å². The summed E-state index contributed by atoms with van der Waals surface area (Å²) in [6.07, 6.45) is 3.99. The Morgan fingerprint density at radius 2 is 2.04 bits per heavy atom. The van der Waals surface area contributed by atoms with Crippen molar-refractivity contribution in [1.82, 2.24) is 4.31 Å². The lowest BCUT2D eigenvalue weighted by atomic mass is 9.92. The Morgan fingerprint density at radius 1 is 1.31 bits per heavy atom. The Kier molecular flexibility index (Phi) is 5.69. The lowest BCUT2D eigenvalue weighted by Gasteiger charge is -2.36. The molecule has 7 heteroatoms. The zero-order valence-corrected chi connectivity index (χ0v) is 16.3. The van der Waals surface area contributed by atoms with E-state index in [0.717, 1.165) is 24.1 Å². The molecule has 1 aliphatic carbocycles. The Balaban J connectivity index is 1.94. The molecule has 0 bridgehead atoms. The first-order valence-corrected chi connectivity index (χ1v) is 10.9. The van der Waals surface area contributed by atoms with E-state index in [1.165, 1.54) is 11.2 Å². The highest BCUT2D eigenvalue weighted by molar-refractivity contribution is 7.89. The molecule has 0 spiro atoms. The Morgan fingerprint density at radius 3 is 2.69 bits per heavy atom. The van der Waals surface area contributed by atoms with Gasteiger partial charge in [0, 0.05) is 25.7 Å². The van der Waals surface area contributed by atoms with Gasteiger partial charge in [-0.25, -0.2) is 8.42 Å². The molecule has 26 heavy (non-hydrogen) atoms. The van der Waals surface area contributed by atoms with Crippen LogP contribution in [-0.4, -0.2) is 49.0 Å². The van der Waals surface area contributed by atoms with Gasteiger partial charge in [-0.3, -0.25) is 4.79 Å². The van der Waals surface area contributed by atoms with Crippen LogP contribution in [0.15, 0.2) is 23.1 Å². The van der Waals surface area contributed by atoms with Gasteiger partial charge in [-0.15, -0.1) is 0 Å². The summed E-state index contributed by atoms with van der Waals surface area (Å²) >= 11 is 0. The van der Waals surface area contributed by atoms with Gasteiger partial charge in [0.2, 0.25) is 15.9 Å². The molecular weight excluding hydrogens is 352 g/mol. The van der Waals surface area contributed by atoms with Crippen molar-refractivity contribution >= 4 is 21.6 Å². The van der Waals surface area contributed by atoms with E-state index in [4.69, 9.17) is 0 Å². The molecule has 0 radical (unpaired) electrons. The lowest BCUT2D eigenvalue weighted by Crippen LogP contribution is -2.48. The summed E-state index contributed by atoms with van der Waals surface area (Å²) < 4.78 is 28.1. The third-order valence-corrected chi connectivity index (χ3v) is 7.36. The summed E-state index contributed by atoms with van der Waals surface area (Å²) in [4.78, 5) is 13.6. The van der Waals surface area contributed by atoms with Gasteiger partial charge in [0.15, 0.2) is 0 Å². The average Bonchev–Trinajstić information content (AvgIpc) is 3.04. The number of carbonyl (C=O) groups is 1. The van der Waals surface area contributed by atoms with E-state index in [0.29, 0.717) is 38.8 Å². The molecule has 1 N–H and O–H groups in total. The van der Waals surface area contributed by atoms with Crippen LogP contribution in [0.4, 0.5) is 5.69 Å². The van der Waals surface area contributed by atoms with E-state index >= 15 is 0 Å². The first-order valence-electron chi connectivity index (χ1n) is 9.47. The first kappa shape index (κ1) is 19.3. The quantitative estimate of drug-likeness (QED) is 0.850. The van der Waals surface area contributed by atoms with Gasteiger partial charge < -0.3 is 10.0 Å². The van der Waals surface area contributed by atoms with Crippen LogP contribution in [0.1, 0.15) is 51.5 Å². The molecule has 144 valence electrons. The number of hydrogen-bond donors (Lipinski definition) is 1. The SMILES string of the molecule is CCCN([C@@H]1CCCC[C@H]1O)S(=O)(=O)c1ccc2c(c1)CCN2C(C)=O. The Bertz CT molecular complexity index is 778. The molecule has 0 aromatic heterocycles. The third kappa shape index (κ3) is 3.52. The number of hydrogen-bond acceptors (Lipinski definition) is 4. The van der Waals surface area contributed by atoms with Gasteiger partial charge in [0.1, 0.15) is 0 Å². The van der Waals surface area contributed by atoms with Crippen molar-refractivity contribution in [2.45, 2.75) is 69.4 Å². The standard InChI is InChI=1S/C19H28N2O4S/c1-3-11-21(18-6-4-5-7-19(18)23)26(24,25)16-8-9-17-15(13-16)10-12-20(17)14(2)22/h8-9,13,18-19,23H,3-7,10-12H2,1-2H3/t18-,19-/m1/s1. The van der Waals surface area contributed by atoms with Crippen LogP contribution >= 0.6 is 0 Å². The van der Waals surface area contributed by atoms with Crippen LogP contribution in [0.5, 0.6) is 0 Å². The number of rotatable bonds is 5. The van der Waals surface area contributed by atoms with Crippen molar-refractivity contribution < 1.29 is 18.3 Å². The van der Waals surface area contributed by atoms with Gasteiger partial charge in [-0.1, -0.05) is 19.8 Å². The van der Waals surface area contributed by atoms with Gasteiger partial charge in [-0.2, -0.15) is 4.31 Å². The van der Waals surface area contributed by atoms with E-state index in [1.54, 1.807) is 23.1 Å². The fourth-order valence-electron chi connectivity index (χ4n) is 4.11. The molecule has 1 aromatic rings. The van der Waals surface area contributed by atoms with Gasteiger partial charge in [-0.05, 0) is 49.4 Å². The maximum atomic E-state index is 13.3. The number of amides is 1. The second-order valence-electron chi connectivity index (χ2n) is 7.25. The molecule has 6 nitrogen and oxygen atoms in total. The van der Waals surface area contributed by atoms with E-state index in [9.17, 15) is 18.3 Å². The summed E-state index contributed by atoms with van der Waals surface area (Å²) in [5.74, 6) is -0.0303. The number of aliphatic hydroxyl groups is 1. The van der Waals surface area contributed by atoms with Crippen LogP contribution in [0.25, 0.3) is 0 Å². The van der Waals surface area contributed by atoms with Crippen molar-refractivity contribution in [3.05, 3.63) is 23.8 Å². The number of aliphatic hydroxyl groups excluding tert-OH is 1. The minimum atomic E-state index is -3.69. The largest absolute Gasteiger partial charge is 0.391 e. The van der Waals surface area contributed by atoms with Crippen molar-refractivity contribution in [3.8, 4) is 0 Å². The molecule has 0 unspecified atom stereocenters. The summed E-state index contributed by atoms with van der Waals surface area (Å²) in [6.45, 7) is 4.47. The normalized spacial score (nSPS) is 23.3. The zero-order valence-electron chi connectivity index (χ0n) is 15.5. The number of carbonyl (C=O) groups excluding carboxylic acids is 1. The smallest absolute Gasteiger partial charge is 0.243 e. The van der Waals surface area contributed by atoms with Crippen LogP contribution in [0, 0.1) is 0 Å². The second kappa shape index (κ2) is 7.66. The van der Waals surface area contributed by atoms with Crippen LogP contribution in [-0.2, 0) is 21.2 Å². The highest BCUT2D eigenvalue weighted by Crippen LogP contribution is 2.33. The highest BCUT2D eigenvalue weighted by atomic mass is 32.2. The summed E-state index contributed by atoms with van der Waals surface area (Å²) in [5, 5.41) is 10.4. The van der Waals surface area contributed by atoms with Crippen molar-refractivity contribution in [2.75, 3.05) is 18.0 Å². The molecule has 2 atom stereocenters. The number of nitrogens with zero attached hydrogens (tertiary/aromatic N) is 2. The van der Waals surface area contributed by atoms with Crippen molar-refractivity contribution in [2.24, 2.45) is 0 Å². The maximum Gasteiger partial charge on any atom is 0.243 e. The number of sulfonamides is 1. The minimum absolute atomic E-state index is 0.0303. The average molecular weight is 381 g/mol. The van der Waals surface area contributed by atoms with Crippen molar-refractivity contribution in [1.29, 1.82) is 0 Å².